The average Bonchev–Trinajstić information content (AvgIpc) is 3.50. The van der Waals surface area contributed by atoms with Gasteiger partial charge < -0.3 is 4.74 Å². The molecule has 0 fully saturated rings. The van der Waals surface area contributed by atoms with Gasteiger partial charge in [-0.05, 0) is 42.8 Å². The molecule has 8 nitrogen and oxygen atoms in total. The SMILES string of the molecule is CCOc1cccc2sc(N(CCn3cccn3)C(=O)Cc3ccc(S(=O)(=O)CC)cc3)nc12. The first-order chi connectivity index (χ1) is 16.4. The molecule has 4 rings (SSSR count). The standard InChI is InChI=1S/C24H26N4O4S2/c1-3-32-20-7-5-8-21-23(20)26-24(33-21)28(16-15-27-14-6-13-25-27)22(29)17-18-9-11-19(12-10-18)34(30,31)4-2/h5-14H,3-4,15-17H2,1-2H3. The Kier molecular flexibility index (Phi) is 7.28. The average molecular weight is 499 g/mol. The monoisotopic (exact) mass is 498 g/mol. The first-order valence-corrected chi connectivity index (χ1v) is 13.5. The third-order valence-electron chi connectivity index (χ3n) is 5.33. The predicted octanol–water partition coefficient (Wildman–Crippen LogP) is 3.96. The van der Waals surface area contributed by atoms with Crippen LogP contribution in [0.5, 0.6) is 5.75 Å². The Morgan fingerprint density at radius 2 is 1.91 bits per heavy atom. The Morgan fingerprint density at radius 1 is 1.12 bits per heavy atom. The van der Waals surface area contributed by atoms with Gasteiger partial charge in [0.1, 0.15) is 11.3 Å². The van der Waals surface area contributed by atoms with Gasteiger partial charge in [0.15, 0.2) is 15.0 Å². The number of fused-ring (bicyclic) bond motifs is 1. The Labute approximate surface area is 202 Å². The third kappa shape index (κ3) is 5.28. The summed E-state index contributed by atoms with van der Waals surface area (Å²) in [5.41, 5.74) is 1.47. The van der Waals surface area contributed by atoms with Gasteiger partial charge in [0.25, 0.3) is 0 Å². The van der Waals surface area contributed by atoms with Crippen molar-refractivity contribution in [2.45, 2.75) is 31.7 Å². The van der Waals surface area contributed by atoms with E-state index in [0.717, 1.165) is 15.8 Å². The van der Waals surface area contributed by atoms with Crippen LogP contribution in [0.15, 0.2) is 65.8 Å². The van der Waals surface area contributed by atoms with Crippen molar-refractivity contribution in [3.8, 4) is 5.75 Å². The van der Waals surface area contributed by atoms with Crippen molar-refractivity contribution < 1.29 is 17.9 Å². The lowest BCUT2D eigenvalue weighted by Crippen LogP contribution is -2.35. The van der Waals surface area contributed by atoms with Crippen molar-refractivity contribution in [2.75, 3.05) is 23.8 Å². The number of aromatic nitrogens is 3. The van der Waals surface area contributed by atoms with Crippen molar-refractivity contribution in [3.63, 3.8) is 0 Å². The van der Waals surface area contributed by atoms with Crippen LogP contribution in [0.4, 0.5) is 5.13 Å². The lowest BCUT2D eigenvalue weighted by molar-refractivity contribution is -0.118. The van der Waals surface area contributed by atoms with Gasteiger partial charge in [0.05, 0.1) is 34.9 Å². The minimum atomic E-state index is -3.29. The molecule has 0 aliphatic rings. The zero-order valence-corrected chi connectivity index (χ0v) is 20.7. The van der Waals surface area contributed by atoms with Gasteiger partial charge in [0, 0.05) is 18.9 Å². The number of rotatable bonds is 10. The van der Waals surface area contributed by atoms with Crippen molar-refractivity contribution >= 4 is 42.4 Å². The van der Waals surface area contributed by atoms with E-state index in [-0.39, 0.29) is 23.0 Å². The van der Waals surface area contributed by atoms with Crippen molar-refractivity contribution in [2.24, 2.45) is 0 Å². The summed E-state index contributed by atoms with van der Waals surface area (Å²) in [5, 5.41) is 4.82. The van der Waals surface area contributed by atoms with Gasteiger partial charge in [-0.25, -0.2) is 13.4 Å². The number of para-hydroxylation sites is 1. The second-order valence-corrected chi connectivity index (χ2v) is 10.9. The number of ether oxygens (including phenoxy) is 1. The predicted molar refractivity (Wildman–Crippen MR) is 133 cm³/mol. The number of carbonyl (C=O) groups is 1. The first-order valence-electron chi connectivity index (χ1n) is 11.0. The molecule has 0 N–H and O–H groups in total. The summed E-state index contributed by atoms with van der Waals surface area (Å²) in [7, 11) is -3.29. The van der Waals surface area contributed by atoms with Gasteiger partial charge in [0.2, 0.25) is 5.91 Å². The molecule has 2 heterocycles. The smallest absolute Gasteiger partial charge is 0.233 e. The van der Waals surface area contributed by atoms with E-state index in [9.17, 15) is 13.2 Å². The molecule has 0 saturated heterocycles. The molecule has 2 aromatic heterocycles. The molecule has 0 aliphatic heterocycles. The molecule has 34 heavy (non-hydrogen) atoms. The maximum Gasteiger partial charge on any atom is 0.233 e. The van der Waals surface area contributed by atoms with Crippen LogP contribution in [0.1, 0.15) is 19.4 Å². The topological polar surface area (TPSA) is 94.4 Å². The second-order valence-electron chi connectivity index (χ2n) is 7.57. The minimum absolute atomic E-state index is 0.0355. The first kappa shape index (κ1) is 23.9. The number of benzene rings is 2. The van der Waals surface area contributed by atoms with Crippen LogP contribution in [0.2, 0.25) is 0 Å². The highest BCUT2D eigenvalue weighted by atomic mass is 32.2. The highest BCUT2D eigenvalue weighted by molar-refractivity contribution is 7.91. The number of thiazole rings is 1. The molecule has 10 heteroatoms. The minimum Gasteiger partial charge on any atom is -0.492 e. The molecule has 0 aliphatic carbocycles. The molecule has 0 spiro atoms. The van der Waals surface area contributed by atoms with Gasteiger partial charge in [-0.15, -0.1) is 0 Å². The lowest BCUT2D eigenvalue weighted by Gasteiger charge is -2.20. The number of amides is 1. The van der Waals surface area contributed by atoms with Crippen LogP contribution in [-0.4, -0.2) is 48.0 Å². The Hall–Kier alpha value is -3.24. The summed E-state index contributed by atoms with van der Waals surface area (Å²) >= 11 is 1.44. The van der Waals surface area contributed by atoms with E-state index < -0.39 is 9.84 Å². The molecule has 2 aromatic carbocycles. The van der Waals surface area contributed by atoms with Crippen molar-refractivity contribution in [1.29, 1.82) is 0 Å². The maximum absolute atomic E-state index is 13.4. The fourth-order valence-corrected chi connectivity index (χ4v) is 5.42. The van der Waals surface area contributed by atoms with E-state index in [0.29, 0.717) is 30.6 Å². The quantitative estimate of drug-likeness (QED) is 0.329. The molecule has 0 unspecified atom stereocenters. The van der Waals surface area contributed by atoms with Crippen LogP contribution >= 0.6 is 11.3 Å². The maximum atomic E-state index is 13.4. The van der Waals surface area contributed by atoms with E-state index in [1.807, 2.05) is 37.4 Å². The Balaban J connectivity index is 1.61. The lowest BCUT2D eigenvalue weighted by atomic mass is 10.1. The van der Waals surface area contributed by atoms with E-state index in [2.05, 4.69) is 5.10 Å². The van der Waals surface area contributed by atoms with E-state index in [1.165, 1.54) is 11.3 Å². The third-order valence-corrected chi connectivity index (χ3v) is 8.13. The number of hydrogen-bond donors (Lipinski definition) is 0. The molecule has 1 amide bonds. The Morgan fingerprint density at radius 3 is 2.59 bits per heavy atom. The Bertz CT molecular complexity index is 1360. The van der Waals surface area contributed by atoms with Crippen molar-refractivity contribution in [3.05, 3.63) is 66.5 Å². The highest BCUT2D eigenvalue weighted by Crippen LogP contribution is 2.34. The molecule has 0 radical (unpaired) electrons. The number of carbonyl (C=O) groups excluding carboxylic acids is 1. The molecule has 4 aromatic rings. The molecular formula is C24H26N4O4S2. The molecule has 0 bridgehead atoms. The van der Waals surface area contributed by atoms with E-state index in [1.54, 1.807) is 47.0 Å². The normalized spacial score (nSPS) is 11.6. The van der Waals surface area contributed by atoms with Crippen LogP contribution < -0.4 is 9.64 Å². The van der Waals surface area contributed by atoms with Crippen LogP contribution in [0.3, 0.4) is 0 Å². The fraction of sp³-hybridized carbons (Fsp3) is 0.292. The van der Waals surface area contributed by atoms with Crippen LogP contribution in [-0.2, 0) is 27.6 Å². The van der Waals surface area contributed by atoms with Crippen LogP contribution in [0.25, 0.3) is 10.2 Å². The summed E-state index contributed by atoms with van der Waals surface area (Å²) in [6.07, 6.45) is 3.67. The molecule has 178 valence electrons. The molecular weight excluding hydrogens is 472 g/mol. The zero-order valence-electron chi connectivity index (χ0n) is 19.0. The summed E-state index contributed by atoms with van der Waals surface area (Å²) < 4.78 is 32.6. The number of nitrogens with zero attached hydrogens (tertiary/aromatic N) is 4. The van der Waals surface area contributed by atoms with Crippen molar-refractivity contribution in [1.82, 2.24) is 14.8 Å². The summed E-state index contributed by atoms with van der Waals surface area (Å²) in [5.74, 6) is 0.596. The fourth-order valence-electron chi connectivity index (χ4n) is 3.51. The molecule has 0 atom stereocenters. The number of anilines is 1. The van der Waals surface area contributed by atoms with Gasteiger partial charge >= 0.3 is 0 Å². The summed E-state index contributed by atoms with van der Waals surface area (Å²) in [6.45, 7) is 4.97. The van der Waals surface area contributed by atoms with Crippen LogP contribution in [0, 0.1) is 0 Å². The second kappa shape index (κ2) is 10.4. The van der Waals surface area contributed by atoms with E-state index in [4.69, 9.17) is 9.72 Å². The highest BCUT2D eigenvalue weighted by Gasteiger charge is 2.22. The number of sulfone groups is 1. The van der Waals surface area contributed by atoms with Gasteiger partial charge in [-0.1, -0.05) is 36.5 Å². The van der Waals surface area contributed by atoms with E-state index >= 15 is 0 Å². The summed E-state index contributed by atoms with van der Waals surface area (Å²) in [4.78, 5) is 20.1. The van der Waals surface area contributed by atoms with Gasteiger partial charge in [-0.2, -0.15) is 5.10 Å². The largest absolute Gasteiger partial charge is 0.492 e. The van der Waals surface area contributed by atoms with Gasteiger partial charge in [-0.3, -0.25) is 14.4 Å². The summed E-state index contributed by atoms with van der Waals surface area (Å²) in [6, 6.07) is 14.1. The molecule has 0 saturated carbocycles. The zero-order chi connectivity index (χ0) is 24.1. The number of hydrogen-bond acceptors (Lipinski definition) is 7.